The number of aromatic nitrogens is 2. The highest BCUT2D eigenvalue weighted by Gasteiger charge is 2.25. The topological polar surface area (TPSA) is 72.4 Å². The van der Waals surface area contributed by atoms with E-state index in [4.69, 9.17) is 0 Å². The molecule has 18 heavy (non-hydrogen) atoms. The molecule has 0 unspecified atom stereocenters. The van der Waals surface area contributed by atoms with Crippen molar-refractivity contribution >= 4 is 23.4 Å². The smallest absolute Gasteiger partial charge is 0.325 e. The van der Waals surface area contributed by atoms with E-state index in [1.165, 1.54) is 12.0 Å². The largest absolute Gasteiger partial charge is 0.468 e. The van der Waals surface area contributed by atoms with Gasteiger partial charge in [0, 0.05) is 6.04 Å². The summed E-state index contributed by atoms with van der Waals surface area (Å²) in [5, 5.41) is 3.90. The maximum atomic E-state index is 12.3. The van der Waals surface area contributed by atoms with E-state index < -0.39 is 5.97 Å². The zero-order valence-electron chi connectivity index (χ0n) is 11.0. The number of aryl methyl sites for hydroxylation is 1. The van der Waals surface area contributed by atoms with Gasteiger partial charge in [0.1, 0.15) is 11.4 Å². The summed E-state index contributed by atoms with van der Waals surface area (Å²) >= 11 is 1.06. The van der Waals surface area contributed by atoms with E-state index in [0.29, 0.717) is 17.0 Å². The van der Waals surface area contributed by atoms with Crippen molar-refractivity contribution in [3.05, 3.63) is 10.6 Å². The van der Waals surface area contributed by atoms with Gasteiger partial charge in [-0.2, -0.15) is 0 Å². The SMILES string of the molecule is CCc1nnsc1C(=O)N(CC(=O)OC)C(C)C. The van der Waals surface area contributed by atoms with Crippen LogP contribution in [0.25, 0.3) is 0 Å². The number of hydrogen-bond donors (Lipinski definition) is 0. The zero-order chi connectivity index (χ0) is 13.7. The minimum absolute atomic E-state index is 0.0615. The van der Waals surface area contributed by atoms with Crippen molar-refractivity contribution in [3.63, 3.8) is 0 Å². The van der Waals surface area contributed by atoms with Crippen LogP contribution in [0, 0.1) is 0 Å². The molecule has 1 aromatic heterocycles. The molecule has 0 radical (unpaired) electrons. The molecule has 0 atom stereocenters. The highest BCUT2D eigenvalue weighted by Crippen LogP contribution is 2.16. The number of nitrogens with zero attached hydrogens (tertiary/aromatic N) is 3. The Kier molecular flexibility index (Phi) is 5.21. The summed E-state index contributed by atoms with van der Waals surface area (Å²) in [5.74, 6) is -0.658. The average molecular weight is 271 g/mol. The number of hydrogen-bond acceptors (Lipinski definition) is 6. The summed E-state index contributed by atoms with van der Waals surface area (Å²) in [6, 6.07) is -0.0941. The molecule has 0 fully saturated rings. The third-order valence-electron chi connectivity index (χ3n) is 2.50. The highest BCUT2D eigenvalue weighted by atomic mass is 32.1. The van der Waals surface area contributed by atoms with Crippen LogP contribution in [0.3, 0.4) is 0 Å². The predicted octanol–water partition coefficient (Wildman–Crippen LogP) is 1.12. The molecule has 0 aliphatic rings. The molecule has 0 aliphatic heterocycles. The Balaban J connectivity index is 2.93. The second-order valence-electron chi connectivity index (χ2n) is 4.01. The van der Waals surface area contributed by atoms with Crippen LogP contribution in [0.2, 0.25) is 0 Å². The first-order valence-corrected chi connectivity index (χ1v) is 6.47. The molecule has 1 aromatic rings. The lowest BCUT2D eigenvalue weighted by Crippen LogP contribution is -2.41. The van der Waals surface area contributed by atoms with E-state index in [2.05, 4.69) is 14.3 Å². The van der Waals surface area contributed by atoms with Crippen molar-refractivity contribution in [2.45, 2.75) is 33.2 Å². The molecule has 100 valence electrons. The third-order valence-corrected chi connectivity index (χ3v) is 3.25. The number of carbonyl (C=O) groups excluding carboxylic acids is 2. The molecular formula is C11H17N3O3S. The number of ether oxygens (including phenoxy) is 1. The van der Waals surface area contributed by atoms with Crippen LogP contribution in [0.5, 0.6) is 0 Å². The first-order valence-electron chi connectivity index (χ1n) is 5.70. The van der Waals surface area contributed by atoms with Crippen molar-refractivity contribution in [3.8, 4) is 0 Å². The van der Waals surface area contributed by atoms with E-state index in [1.54, 1.807) is 0 Å². The molecule has 1 rings (SSSR count). The fraction of sp³-hybridized carbons (Fsp3) is 0.636. The molecule has 7 heteroatoms. The first-order chi connectivity index (χ1) is 8.51. The molecular weight excluding hydrogens is 254 g/mol. The molecule has 1 amide bonds. The van der Waals surface area contributed by atoms with Gasteiger partial charge < -0.3 is 9.64 Å². The Hall–Kier alpha value is -1.50. The summed E-state index contributed by atoms with van der Waals surface area (Å²) in [6.45, 7) is 5.55. The second-order valence-corrected chi connectivity index (χ2v) is 4.76. The summed E-state index contributed by atoms with van der Waals surface area (Å²) in [7, 11) is 1.30. The van der Waals surface area contributed by atoms with Crippen LogP contribution in [0.4, 0.5) is 0 Å². The zero-order valence-corrected chi connectivity index (χ0v) is 11.8. The molecule has 0 N–H and O–H groups in total. The lowest BCUT2D eigenvalue weighted by Gasteiger charge is -2.24. The summed E-state index contributed by atoms with van der Waals surface area (Å²) in [6.07, 6.45) is 0.641. The molecule has 0 aromatic carbocycles. The maximum Gasteiger partial charge on any atom is 0.325 e. The molecule has 6 nitrogen and oxygen atoms in total. The fourth-order valence-electron chi connectivity index (χ4n) is 1.43. The summed E-state index contributed by atoms with van der Waals surface area (Å²) in [4.78, 5) is 25.6. The van der Waals surface area contributed by atoms with Crippen LogP contribution in [0.15, 0.2) is 0 Å². The molecule has 0 aliphatic carbocycles. The van der Waals surface area contributed by atoms with E-state index in [-0.39, 0.29) is 18.5 Å². The number of rotatable bonds is 5. The van der Waals surface area contributed by atoms with Crippen molar-refractivity contribution in [2.24, 2.45) is 0 Å². The van der Waals surface area contributed by atoms with Gasteiger partial charge in [0.25, 0.3) is 5.91 Å². The van der Waals surface area contributed by atoms with Crippen LogP contribution < -0.4 is 0 Å². The Bertz CT molecular complexity index is 431. The number of methoxy groups -OCH3 is 1. The summed E-state index contributed by atoms with van der Waals surface area (Å²) < 4.78 is 8.38. The van der Waals surface area contributed by atoms with Crippen LogP contribution >= 0.6 is 11.5 Å². The van der Waals surface area contributed by atoms with Gasteiger partial charge in [-0.15, -0.1) is 5.10 Å². The normalized spacial score (nSPS) is 10.5. The van der Waals surface area contributed by atoms with Crippen molar-refractivity contribution in [2.75, 3.05) is 13.7 Å². The van der Waals surface area contributed by atoms with Crippen LogP contribution in [0.1, 0.15) is 36.1 Å². The lowest BCUT2D eigenvalue weighted by atomic mass is 10.2. The fourth-order valence-corrected chi connectivity index (χ4v) is 2.13. The number of carbonyl (C=O) groups is 2. The molecule has 0 saturated carbocycles. The van der Waals surface area contributed by atoms with Crippen molar-refractivity contribution in [1.82, 2.24) is 14.5 Å². The van der Waals surface area contributed by atoms with Gasteiger partial charge >= 0.3 is 5.97 Å². The number of esters is 1. The number of amides is 1. The highest BCUT2D eigenvalue weighted by molar-refractivity contribution is 7.08. The lowest BCUT2D eigenvalue weighted by molar-refractivity contribution is -0.141. The van der Waals surface area contributed by atoms with Gasteiger partial charge in [0.15, 0.2) is 0 Å². The minimum Gasteiger partial charge on any atom is -0.468 e. The summed E-state index contributed by atoms with van der Waals surface area (Å²) in [5.41, 5.74) is 0.667. The Labute approximate surface area is 110 Å². The van der Waals surface area contributed by atoms with Gasteiger partial charge in [-0.05, 0) is 31.8 Å². The third kappa shape index (κ3) is 3.25. The van der Waals surface area contributed by atoms with Gasteiger partial charge in [-0.1, -0.05) is 11.4 Å². The van der Waals surface area contributed by atoms with Gasteiger partial charge in [-0.25, -0.2) is 0 Å². The molecule has 0 bridgehead atoms. The first kappa shape index (κ1) is 14.6. The quantitative estimate of drug-likeness (QED) is 0.750. The van der Waals surface area contributed by atoms with Crippen LogP contribution in [-0.2, 0) is 16.0 Å². The Morgan fingerprint density at radius 1 is 1.44 bits per heavy atom. The molecule has 0 spiro atoms. The standard InChI is InChI=1S/C11H17N3O3S/c1-5-8-10(18-13-12-8)11(16)14(7(2)3)6-9(15)17-4/h7H,5-6H2,1-4H3. The van der Waals surface area contributed by atoms with Crippen LogP contribution in [-0.4, -0.2) is 46.1 Å². The predicted molar refractivity (Wildman–Crippen MR) is 67.5 cm³/mol. The Morgan fingerprint density at radius 3 is 2.61 bits per heavy atom. The van der Waals surface area contributed by atoms with Gasteiger partial charge in [0.2, 0.25) is 0 Å². The minimum atomic E-state index is -0.437. The van der Waals surface area contributed by atoms with Crippen molar-refractivity contribution < 1.29 is 14.3 Å². The average Bonchev–Trinajstić information content (AvgIpc) is 2.82. The Morgan fingerprint density at radius 2 is 2.11 bits per heavy atom. The van der Waals surface area contributed by atoms with Gasteiger partial charge in [-0.3, -0.25) is 9.59 Å². The molecule has 1 heterocycles. The van der Waals surface area contributed by atoms with E-state index in [9.17, 15) is 9.59 Å². The second kappa shape index (κ2) is 6.44. The molecule has 0 saturated heterocycles. The van der Waals surface area contributed by atoms with E-state index in [1.807, 2.05) is 20.8 Å². The van der Waals surface area contributed by atoms with E-state index >= 15 is 0 Å². The maximum absolute atomic E-state index is 12.3. The van der Waals surface area contributed by atoms with Gasteiger partial charge in [0.05, 0.1) is 12.8 Å². The van der Waals surface area contributed by atoms with E-state index in [0.717, 1.165) is 11.5 Å². The van der Waals surface area contributed by atoms with Crippen molar-refractivity contribution in [1.29, 1.82) is 0 Å². The monoisotopic (exact) mass is 271 g/mol.